The molecule has 174 valence electrons. The van der Waals surface area contributed by atoms with Crippen molar-refractivity contribution in [2.75, 3.05) is 13.7 Å². The summed E-state index contributed by atoms with van der Waals surface area (Å²) in [5, 5.41) is 4.50. The minimum Gasteiger partial charge on any atom is -0.496 e. The lowest BCUT2D eigenvalue weighted by Crippen LogP contribution is -2.20. The van der Waals surface area contributed by atoms with Gasteiger partial charge in [-0.3, -0.25) is 4.79 Å². The number of furan rings is 1. The third-order valence-corrected chi connectivity index (χ3v) is 5.78. The monoisotopic (exact) mass is 475 g/mol. The zero-order valence-corrected chi connectivity index (χ0v) is 20.1. The number of methoxy groups -OCH3 is 1. The summed E-state index contributed by atoms with van der Waals surface area (Å²) in [5.74, 6) is 1.23. The van der Waals surface area contributed by atoms with E-state index in [0.717, 1.165) is 39.0 Å². The van der Waals surface area contributed by atoms with Crippen LogP contribution in [0.3, 0.4) is 0 Å². The molecule has 0 aliphatic heterocycles. The second-order valence-corrected chi connectivity index (χ2v) is 8.24. The summed E-state index contributed by atoms with van der Waals surface area (Å²) in [4.78, 5) is 12.6. The standard InChI is InChI=1S/C28H26ClNO4/c1-4-33-26-15-27-23(24(17-34-27)21-7-5-6-8-25(21)32-3)14-22(26)18(2)13-28(31)30-16-19-9-11-20(29)12-10-19/h5-15,17H,4,16H2,1-3H3,(H,30,31)/b18-13+. The molecule has 0 saturated carbocycles. The van der Waals surface area contributed by atoms with Gasteiger partial charge in [-0.15, -0.1) is 0 Å². The van der Waals surface area contributed by atoms with Gasteiger partial charge in [0.05, 0.1) is 20.0 Å². The minimum absolute atomic E-state index is 0.188. The van der Waals surface area contributed by atoms with E-state index in [0.29, 0.717) is 29.5 Å². The van der Waals surface area contributed by atoms with E-state index < -0.39 is 0 Å². The van der Waals surface area contributed by atoms with E-state index in [1.165, 1.54) is 0 Å². The Hall–Kier alpha value is -3.70. The van der Waals surface area contributed by atoms with E-state index in [2.05, 4.69) is 5.32 Å². The van der Waals surface area contributed by atoms with E-state index in [1.807, 2.05) is 62.4 Å². The van der Waals surface area contributed by atoms with Crippen LogP contribution >= 0.6 is 11.6 Å². The SMILES string of the molecule is CCOc1cc2occ(-c3ccccc3OC)c2cc1/C(C)=C/C(=O)NCc1ccc(Cl)cc1. The number of benzene rings is 3. The summed E-state index contributed by atoms with van der Waals surface area (Å²) < 4.78 is 17.3. The molecular weight excluding hydrogens is 450 g/mol. The van der Waals surface area contributed by atoms with E-state index >= 15 is 0 Å². The van der Waals surface area contributed by atoms with E-state index in [9.17, 15) is 4.79 Å². The van der Waals surface area contributed by atoms with Crippen molar-refractivity contribution in [3.8, 4) is 22.6 Å². The Labute approximate surface area is 203 Å². The quantitative estimate of drug-likeness (QED) is 0.282. The van der Waals surface area contributed by atoms with Crippen LogP contribution in [-0.4, -0.2) is 19.6 Å². The summed E-state index contributed by atoms with van der Waals surface area (Å²) in [5.41, 5.74) is 5.13. The van der Waals surface area contributed by atoms with E-state index in [1.54, 1.807) is 31.6 Å². The number of hydrogen-bond acceptors (Lipinski definition) is 4. The highest BCUT2D eigenvalue weighted by Gasteiger charge is 2.17. The van der Waals surface area contributed by atoms with Gasteiger partial charge in [-0.05, 0) is 49.2 Å². The first-order valence-electron chi connectivity index (χ1n) is 11.0. The van der Waals surface area contributed by atoms with Gasteiger partial charge in [-0.1, -0.05) is 41.9 Å². The van der Waals surface area contributed by atoms with Crippen molar-refractivity contribution in [3.05, 3.63) is 89.2 Å². The molecule has 0 spiro atoms. The molecule has 0 atom stereocenters. The van der Waals surface area contributed by atoms with Crippen LogP contribution in [0.25, 0.3) is 27.7 Å². The third-order valence-electron chi connectivity index (χ3n) is 5.53. The molecule has 1 heterocycles. The topological polar surface area (TPSA) is 60.7 Å². The van der Waals surface area contributed by atoms with Crippen LogP contribution in [0.1, 0.15) is 25.0 Å². The Morgan fingerprint density at radius 3 is 2.56 bits per heavy atom. The molecule has 1 amide bonds. The Morgan fingerprint density at radius 1 is 1.06 bits per heavy atom. The van der Waals surface area contributed by atoms with Gasteiger partial charge in [-0.2, -0.15) is 0 Å². The number of amides is 1. The maximum atomic E-state index is 12.6. The molecule has 0 aliphatic carbocycles. The number of para-hydroxylation sites is 1. The van der Waals surface area contributed by atoms with E-state index in [-0.39, 0.29) is 5.91 Å². The smallest absolute Gasteiger partial charge is 0.244 e. The summed E-state index contributed by atoms with van der Waals surface area (Å²) in [6, 6.07) is 19.1. The molecule has 5 nitrogen and oxygen atoms in total. The van der Waals surface area contributed by atoms with Crippen LogP contribution in [-0.2, 0) is 11.3 Å². The number of halogens is 1. The van der Waals surface area contributed by atoms with Gasteiger partial charge in [-0.25, -0.2) is 0 Å². The molecule has 0 radical (unpaired) electrons. The van der Waals surface area contributed by atoms with Crippen molar-refractivity contribution in [2.24, 2.45) is 0 Å². The highest BCUT2D eigenvalue weighted by Crippen LogP contribution is 2.40. The molecule has 4 rings (SSSR count). The number of carbonyl (C=O) groups excluding carboxylic acids is 1. The highest BCUT2D eigenvalue weighted by atomic mass is 35.5. The Balaban J connectivity index is 1.67. The largest absolute Gasteiger partial charge is 0.496 e. The third kappa shape index (κ3) is 5.10. The molecule has 34 heavy (non-hydrogen) atoms. The predicted octanol–water partition coefficient (Wildman–Crippen LogP) is 6.88. The summed E-state index contributed by atoms with van der Waals surface area (Å²) in [6.07, 6.45) is 3.31. The lowest BCUT2D eigenvalue weighted by molar-refractivity contribution is -0.116. The molecule has 0 unspecified atom stereocenters. The Morgan fingerprint density at radius 2 is 1.82 bits per heavy atom. The molecule has 0 bridgehead atoms. The van der Waals surface area contributed by atoms with Crippen LogP contribution in [0.2, 0.25) is 5.02 Å². The molecule has 3 aromatic carbocycles. The van der Waals surface area contributed by atoms with E-state index in [4.69, 9.17) is 25.5 Å². The van der Waals surface area contributed by atoms with Gasteiger partial charge in [0.25, 0.3) is 0 Å². The lowest BCUT2D eigenvalue weighted by Gasteiger charge is -2.12. The first-order valence-corrected chi connectivity index (χ1v) is 11.4. The van der Waals surface area contributed by atoms with Gasteiger partial charge in [0.15, 0.2) is 0 Å². The molecule has 1 aromatic heterocycles. The molecule has 1 N–H and O–H groups in total. The molecule has 0 saturated heterocycles. The first-order chi connectivity index (χ1) is 16.5. The maximum Gasteiger partial charge on any atom is 0.244 e. The normalized spacial score (nSPS) is 11.5. The molecule has 4 aromatic rings. The highest BCUT2D eigenvalue weighted by molar-refractivity contribution is 6.30. The van der Waals surface area contributed by atoms with Crippen molar-refractivity contribution in [2.45, 2.75) is 20.4 Å². The number of carbonyl (C=O) groups is 1. The summed E-state index contributed by atoms with van der Waals surface area (Å²) >= 11 is 5.93. The Kier molecular flexibility index (Phi) is 7.24. The van der Waals surface area contributed by atoms with Crippen LogP contribution < -0.4 is 14.8 Å². The second kappa shape index (κ2) is 10.5. The van der Waals surface area contributed by atoms with Crippen LogP contribution in [0, 0.1) is 0 Å². The number of fused-ring (bicyclic) bond motifs is 1. The van der Waals surface area contributed by atoms with Gasteiger partial charge in [0.2, 0.25) is 5.91 Å². The lowest BCUT2D eigenvalue weighted by atomic mass is 9.98. The van der Waals surface area contributed by atoms with Crippen molar-refractivity contribution < 1.29 is 18.7 Å². The van der Waals surface area contributed by atoms with Crippen molar-refractivity contribution in [1.82, 2.24) is 5.32 Å². The fourth-order valence-corrected chi connectivity index (χ4v) is 3.96. The molecule has 0 aliphatic rings. The fourth-order valence-electron chi connectivity index (χ4n) is 3.83. The van der Waals surface area contributed by atoms with Crippen molar-refractivity contribution in [1.29, 1.82) is 0 Å². The van der Waals surface area contributed by atoms with Crippen LogP contribution in [0.4, 0.5) is 0 Å². The Bertz CT molecular complexity index is 1340. The number of hydrogen-bond donors (Lipinski definition) is 1. The van der Waals surface area contributed by atoms with Gasteiger partial charge in [0, 0.05) is 45.8 Å². The minimum atomic E-state index is -0.188. The number of rotatable bonds is 8. The van der Waals surface area contributed by atoms with Crippen LogP contribution in [0.15, 0.2) is 77.4 Å². The average molecular weight is 476 g/mol. The summed E-state index contributed by atoms with van der Waals surface area (Å²) in [6.45, 7) is 4.73. The molecule has 6 heteroatoms. The predicted molar refractivity (Wildman–Crippen MR) is 136 cm³/mol. The zero-order valence-electron chi connectivity index (χ0n) is 19.4. The average Bonchev–Trinajstić information content (AvgIpc) is 3.26. The molecular formula is C28H26ClNO4. The molecule has 0 fully saturated rings. The van der Waals surface area contributed by atoms with Crippen LogP contribution in [0.5, 0.6) is 11.5 Å². The van der Waals surface area contributed by atoms with Gasteiger partial charge < -0.3 is 19.2 Å². The van der Waals surface area contributed by atoms with Crippen molar-refractivity contribution in [3.63, 3.8) is 0 Å². The fraction of sp³-hybridized carbons (Fsp3) is 0.179. The number of ether oxygens (including phenoxy) is 2. The van der Waals surface area contributed by atoms with Crippen molar-refractivity contribution >= 4 is 34.1 Å². The van der Waals surface area contributed by atoms with Gasteiger partial charge >= 0.3 is 0 Å². The number of allylic oxidation sites excluding steroid dienone is 1. The first kappa shape index (κ1) is 23.5. The zero-order chi connectivity index (χ0) is 24.1. The van der Waals surface area contributed by atoms with Gasteiger partial charge in [0.1, 0.15) is 17.1 Å². The second-order valence-electron chi connectivity index (χ2n) is 7.80. The maximum absolute atomic E-state index is 12.6. The number of nitrogens with one attached hydrogen (secondary N) is 1. The summed E-state index contributed by atoms with van der Waals surface area (Å²) in [7, 11) is 1.65.